The van der Waals surface area contributed by atoms with Gasteiger partial charge in [0.2, 0.25) is 0 Å². The Morgan fingerprint density at radius 2 is 2.30 bits per heavy atom. The van der Waals surface area contributed by atoms with Crippen molar-refractivity contribution in [3.8, 4) is 6.07 Å². The highest BCUT2D eigenvalue weighted by Gasteiger charge is 2.25. The lowest BCUT2D eigenvalue weighted by atomic mass is 9.90. The van der Waals surface area contributed by atoms with Gasteiger partial charge in [0.1, 0.15) is 23.6 Å². The zero-order valence-corrected chi connectivity index (χ0v) is 11.9. The molecule has 0 aliphatic carbocycles. The van der Waals surface area contributed by atoms with Crippen LogP contribution in [-0.4, -0.2) is 22.0 Å². The van der Waals surface area contributed by atoms with E-state index in [0.717, 1.165) is 12.6 Å². The predicted octanol–water partition coefficient (Wildman–Crippen LogP) is 2.04. The van der Waals surface area contributed by atoms with E-state index in [9.17, 15) is 10.1 Å². The van der Waals surface area contributed by atoms with E-state index in [4.69, 9.17) is 11.0 Å². The molecule has 20 heavy (non-hydrogen) atoms. The standard InChI is InChI=1S/C13H19N5O2/c1-9(2)5-13(3,8-15)17-12-10(6-14)4-11(7-16-12)18(19)20/h4,7,9H,5,8,15H2,1-3H3,(H,16,17). The molecule has 0 aliphatic rings. The van der Waals surface area contributed by atoms with Crippen molar-refractivity contribution in [1.82, 2.24) is 4.98 Å². The Hall–Kier alpha value is -2.20. The lowest BCUT2D eigenvalue weighted by Crippen LogP contribution is -2.44. The molecule has 1 aromatic heterocycles. The molecule has 1 aromatic rings. The number of nitrogens with zero attached hydrogens (tertiary/aromatic N) is 3. The van der Waals surface area contributed by atoms with Crippen LogP contribution >= 0.6 is 0 Å². The molecule has 1 unspecified atom stereocenters. The Balaban J connectivity index is 3.08. The van der Waals surface area contributed by atoms with Gasteiger partial charge in [-0.1, -0.05) is 13.8 Å². The van der Waals surface area contributed by atoms with Crippen molar-refractivity contribution >= 4 is 11.5 Å². The molecule has 7 heteroatoms. The third-order valence-corrected chi connectivity index (χ3v) is 2.93. The molecule has 0 bridgehead atoms. The third kappa shape index (κ3) is 3.90. The first-order valence-electron chi connectivity index (χ1n) is 6.34. The molecule has 0 aliphatic heterocycles. The van der Waals surface area contributed by atoms with Gasteiger partial charge in [-0.15, -0.1) is 0 Å². The smallest absolute Gasteiger partial charge is 0.289 e. The molecule has 0 saturated carbocycles. The first kappa shape index (κ1) is 15.9. The van der Waals surface area contributed by atoms with Gasteiger partial charge in [0.05, 0.1) is 4.92 Å². The van der Waals surface area contributed by atoms with Gasteiger partial charge < -0.3 is 11.1 Å². The van der Waals surface area contributed by atoms with Crippen molar-refractivity contribution in [2.24, 2.45) is 11.7 Å². The largest absolute Gasteiger partial charge is 0.363 e. The van der Waals surface area contributed by atoms with Gasteiger partial charge in [-0.05, 0) is 19.3 Å². The maximum absolute atomic E-state index is 10.7. The minimum absolute atomic E-state index is 0.141. The van der Waals surface area contributed by atoms with Crippen LogP contribution in [0.4, 0.5) is 11.5 Å². The molecule has 3 N–H and O–H groups in total. The van der Waals surface area contributed by atoms with E-state index in [1.165, 1.54) is 6.07 Å². The van der Waals surface area contributed by atoms with Crippen LogP contribution in [0, 0.1) is 27.4 Å². The molecule has 0 aromatic carbocycles. The quantitative estimate of drug-likeness (QED) is 0.606. The average molecular weight is 277 g/mol. The average Bonchev–Trinajstić information content (AvgIpc) is 2.37. The second-order valence-electron chi connectivity index (χ2n) is 5.45. The van der Waals surface area contributed by atoms with E-state index in [1.54, 1.807) is 0 Å². The molecule has 0 saturated heterocycles. The zero-order chi connectivity index (χ0) is 15.3. The first-order chi connectivity index (χ1) is 9.31. The van der Waals surface area contributed by atoms with E-state index in [-0.39, 0.29) is 11.3 Å². The number of nitrogens with one attached hydrogen (secondary N) is 1. The normalized spacial score (nSPS) is 13.6. The van der Waals surface area contributed by atoms with E-state index in [0.29, 0.717) is 18.3 Å². The Kier molecular flexibility index (Phi) is 5.00. The molecule has 1 rings (SSSR count). The van der Waals surface area contributed by atoms with Crippen molar-refractivity contribution in [3.63, 3.8) is 0 Å². The summed E-state index contributed by atoms with van der Waals surface area (Å²) in [5, 5.41) is 22.9. The van der Waals surface area contributed by atoms with Crippen LogP contribution in [0.15, 0.2) is 12.3 Å². The number of nitrogens with two attached hydrogens (primary N) is 1. The molecule has 1 heterocycles. The highest BCUT2D eigenvalue weighted by atomic mass is 16.6. The number of pyridine rings is 1. The first-order valence-corrected chi connectivity index (χ1v) is 6.34. The monoisotopic (exact) mass is 277 g/mol. The van der Waals surface area contributed by atoms with Crippen LogP contribution in [0.3, 0.4) is 0 Å². The summed E-state index contributed by atoms with van der Waals surface area (Å²) in [6, 6.07) is 3.13. The fourth-order valence-electron chi connectivity index (χ4n) is 2.11. The van der Waals surface area contributed by atoms with Crippen molar-refractivity contribution in [2.45, 2.75) is 32.7 Å². The van der Waals surface area contributed by atoms with Gasteiger partial charge in [0, 0.05) is 18.2 Å². The van der Waals surface area contributed by atoms with Gasteiger partial charge in [0.25, 0.3) is 5.69 Å². The second kappa shape index (κ2) is 6.30. The fraction of sp³-hybridized carbons (Fsp3) is 0.538. The van der Waals surface area contributed by atoms with Crippen molar-refractivity contribution in [3.05, 3.63) is 27.9 Å². The summed E-state index contributed by atoms with van der Waals surface area (Å²) < 4.78 is 0. The van der Waals surface area contributed by atoms with Gasteiger partial charge in [-0.25, -0.2) is 4.98 Å². The number of anilines is 1. The summed E-state index contributed by atoms with van der Waals surface area (Å²) in [4.78, 5) is 14.1. The van der Waals surface area contributed by atoms with Gasteiger partial charge in [-0.2, -0.15) is 5.26 Å². The lowest BCUT2D eigenvalue weighted by molar-refractivity contribution is -0.385. The summed E-state index contributed by atoms with van der Waals surface area (Å²) in [6.07, 6.45) is 1.93. The summed E-state index contributed by atoms with van der Waals surface area (Å²) in [7, 11) is 0. The maximum atomic E-state index is 10.7. The molecule has 7 nitrogen and oxygen atoms in total. The molecule has 0 spiro atoms. The molecule has 0 radical (unpaired) electrons. The van der Waals surface area contributed by atoms with Crippen LogP contribution in [0.2, 0.25) is 0 Å². The Labute approximate surface area is 118 Å². The number of rotatable bonds is 6. The number of nitriles is 1. The Bertz CT molecular complexity index is 538. The fourth-order valence-corrected chi connectivity index (χ4v) is 2.11. The lowest BCUT2D eigenvalue weighted by Gasteiger charge is -2.32. The summed E-state index contributed by atoms with van der Waals surface area (Å²) in [5.74, 6) is 0.742. The zero-order valence-electron chi connectivity index (χ0n) is 11.9. The SMILES string of the molecule is CC(C)CC(C)(CN)Nc1ncc([N+](=O)[O-])cc1C#N. The van der Waals surface area contributed by atoms with Crippen molar-refractivity contribution in [1.29, 1.82) is 5.26 Å². The predicted molar refractivity (Wildman–Crippen MR) is 76.1 cm³/mol. The van der Waals surface area contributed by atoms with Crippen LogP contribution in [0.1, 0.15) is 32.8 Å². The van der Waals surface area contributed by atoms with Crippen LogP contribution in [0.5, 0.6) is 0 Å². The van der Waals surface area contributed by atoms with Crippen LogP contribution in [-0.2, 0) is 0 Å². The van der Waals surface area contributed by atoms with Crippen molar-refractivity contribution < 1.29 is 4.92 Å². The molecule has 0 fully saturated rings. The van der Waals surface area contributed by atoms with Crippen molar-refractivity contribution in [2.75, 3.05) is 11.9 Å². The number of hydrogen-bond donors (Lipinski definition) is 2. The maximum Gasteiger partial charge on any atom is 0.289 e. The van der Waals surface area contributed by atoms with E-state index >= 15 is 0 Å². The topological polar surface area (TPSA) is 118 Å². The number of aromatic nitrogens is 1. The molecule has 0 amide bonds. The second-order valence-corrected chi connectivity index (χ2v) is 5.45. The third-order valence-electron chi connectivity index (χ3n) is 2.93. The summed E-state index contributed by atoms with van der Waals surface area (Å²) in [6.45, 7) is 6.46. The summed E-state index contributed by atoms with van der Waals surface area (Å²) >= 11 is 0. The van der Waals surface area contributed by atoms with Gasteiger partial charge >= 0.3 is 0 Å². The molecule has 108 valence electrons. The van der Waals surface area contributed by atoms with E-state index in [2.05, 4.69) is 24.1 Å². The molecular formula is C13H19N5O2. The molecule has 1 atom stereocenters. The highest BCUT2D eigenvalue weighted by Crippen LogP contribution is 2.24. The van der Waals surface area contributed by atoms with Gasteiger partial charge in [0.15, 0.2) is 0 Å². The minimum atomic E-state index is -0.576. The minimum Gasteiger partial charge on any atom is -0.363 e. The van der Waals surface area contributed by atoms with E-state index in [1.807, 2.05) is 13.0 Å². The number of nitro groups is 1. The van der Waals surface area contributed by atoms with E-state index < -0.39 is 10.5 Å². The Morgan fingerprint density at radius 1 is 1.65 bits per heavy atom. The molecular weight excluding hydrogens is 258 g/mol. The summed E-state index contributed by atoms with van der Waals surface area (Å²) in [5.41, 5.74) is 5.32. The van der Waals surface area contributed by atoms with Crippen LogP contribution < -0.4 is 11.1 Å². The highest BCUT2D eigenvalue weighted by molar-refractivity contribution is 5.56. The number of hydrogen-bond acceptors (Lipinski definition) is 6. The Morgan fingerprint density at radius 3 is 2.75 bits per heavy atom. The van der Waals surface area contributed by atoms with Gasteiger partial charge in [-0.3, -0.25) is 10.1 Å². The van der Waals surface area contributed by atoms with Crippen LogP contribution in [0.25, 0.3) is 0 Å².